The number of hydrogen-bond donors (Lipinski definition) is 1. The average molecular weight is 320 g/mol. The van der Waals surface area contributed by atoms with E-state index < -0.39 is 0 Å². The molecule has 0 bridgehead atoms. The predicted octanol–water partition coefficient (Wildman–Crippen LogP) is 4.02. The van der Waals surface area contributed by atoms with E-state index in [2.05, 4.69) is 16.4 Å². The third kappa shape index (κ3) is 3.57. The summed E-state index contributed by atoms with van der Waals surface area (Å²) >= 11 is 7.72. The molecule has 1 aliphatic carbocycles. The number of nitrogens with one attached hydrogen (secondary N) is 1. The lowest BCUT2D eigenvalue weighted by Gasteiger charge is -2.24. The molecule has 1 atom stereocenters. The van der Waals surface area contributed by atoms with E-state index in [-0.39, 0.29) is 0 Å². The Labute approximate surface area is 134 Å². The van der Waals surface area contributed by atoms with Crippen LogP contribution in [0.3, 0.4) is 0 Å². The van der Waals surface area contributed by atoms with Crippen LogP contribution in [-0.2, 0) is 12.2 Å². The molecule has 1 N–H and O–H groups in total. The maximum atomic E-state index is 6.00. The molecule has 1 unspecified atom stereocenters. The number of hydrogen-bond acceptors (Lipinski definition) is 4. The minimum Gasteiger partial charge on any atom is -0.313 e. The first-order chi connectivity index (χ1) is 10.3. The summed E-state index contributed by atoms with van der Waals surface area (Å²) in [7, 11) is 2.00. The molecule has 1 aromatic carbocycles. The van der Waals surface area contributed by atoms with Crippen molar-refractivity contribution < 1.29 is 0 Å². The van der Waals surface area contributed by atoms with Gasteiger partial charge in [-0.3, -0.25) is 0 Å². The molecule has 1 heterocycles. The first kappa shape index (κ1) is 14.8. The van der Waals surface area contributed by atoms with Crippen molar-refractivity contribution in [3.05, 3.63) is 52.6 Å². The van der Waals surface area contributed by atoms with Gasteiger partial charge in [-0.15, -0.1) is 11.8 Å². The Morgan fingerprint density at radius 3 is 3.14 bits per heavy atom. The molecule has 0 fully saturated rings. The van der Waals surface area contributed by atoms with Crippen LogP contribution >= 0.6 is 23.4 Å². The van der Waals surface area contributed by atoms with E-state index in [4.69, 9.17) is 16.6 Å². The van der Waals surface area contributed by atoms with E-state index in [0.717, 1.165) is 27.9 Å². The maximum absolute atomic E-state index is 6.00. The number of aryl methyl sites for hydroxylation is 1. The van der Waals surface area contributed by atoms with Crippen LogP contribution in [0.15, 0.2) is 35.4 Å². The minimum absolute atomic E-state index is 0.406. The Kier molecular flexibility index (Phi) is 4.78. The zero-order valence-corrected chi connectivity index (χ0v) is 13.5. The summed E-state index contributed by atoms with van der Waals surface area (Å²) < 4.78 is 0. The van der Waals surface area contributed by atoms with Crippen LogP contribution in [0.25, 0.3) is 0 Å². The SMILES string of the molecule is CNC1CCCc2nc(CSc3cccc(Cl)c3)ncc21. The van der Waals surface area contributed by atoms with Crippen LogP contribution < -0.4 is 5.32 Å². The largest absolute Gasteiger partial charge is 0.313 e. The Balaban J connectivity index is 1.72. The van der Waals surface area contributed by atoms with Crippen LogP contribution in [0.5, 0.6) is 0 Å². The predicted molar refractivity (Wildman–Crippen MR) is 87.8 cm³/mol. The zero-order chi connectivity index (χ0) is 14.7. The van der Waals surface area contributed by atoms with Gasteiger partial charge in [-0.25, -0.2) is 9.97 Å². The highest BCUT2D eigenvalue weighted by atomic mass is 35.5. The van der Waals surface area contributed by atoms with Crippen molar-refractivity contribution in [2.24, 2.45) is 0 Å². The summed E-state index contributed by atoms with van der Waals surface area (Å²) in [5.74, 6) is 1.67. The van der Waals surface area contributed by atoms with Gasteiger partial charge in [-0.1, -0.05) is 17.7 Å². The number of benzene rings is 1. The van der Waals surface area contributed by atoms with Crippen LogP contribution in [-0.4, -0.2) is 17.0 Å². The summed E-state index contributed by atoms with van der Waals surface area (Å²) in [5.41, 5.74) is 2.47. The highest BCUT2D eigenvalue weighted by Crippen LogP contribution is 2.29. The average Bonchev–Trinajstić information content (AvgIpc) is 2.52. The second-order valence-electron chi connectivity index (χ2n) is 5.17. The van der Waals surface area contributed by atoms with Crippen molar-refractivity contribution in [3.63, 3.8) is 0 Å². The third-order valence-electron chi connectivity index (χ3n) is 3.74. The molecule has 0 radical (unpaired) electrons. The standard InChI is InChI=1S/C16H18ClN3S/c1-18-14-6-3-7-15-13(14)9-19-16(20-15)10-21-12-5-2-4-11(17)8-12/h2,4-5,8-9,14,18H,3,6-7,10H2,1H3. The van der Waals surface area contributed by atoms with Gasteiger partial charge in [0.05, 0.1) is 5.75 Å². The molecule has 2 aromatic rings. The first-order valence-corrected chi connectivity index (χ1v) is 8.53. The molecule has 1 aromatic heterocycles. The van der Waals surface area contributed by atoms with E-state index in [0.29, 0.717) is 6.04 Å². The fourth-order valence-electron chi connectivity index (χ4n) is 2.66. The van der Waals surface area contributed by atoms with E-state index in [1.165, 1.54) is 24.1 Å². The van der Waals surface area contributed by atoms with Gasteiger partial charge in [0.15, 0.2) is 0 Å². The van der Waals surface area contributed by atoms with Gasteiger partial charge >= 0.3 is 0 Å². The van der Waals surface area contributed by atoms with Gasteiger partial charge in [0, 0.05) is 33.4 Å². The number of aromatic nitrogens is 2. The van der Waals surface area contributed by atoms with Crippen molar-refractivity contribution in [1.29, 1.82) is 0 Å². The Morgan fingerprint density at radius 1 is 1.43 bits per heavy atom. The molecular weight excluding hydrogens is 302 g/mol. The topological polar surface area (TPSA) is 37.8 Å². The number of rotatable bonds is 4. The van der Waals surface area contributed by atoms with Crippen molar-refractivity contribution in [1.82, 2.24) is 15.3 Å². The van der Waals surface area contributed by atoms with Crippen molar-refractivity contribution in [2.75, 3.05) is 7.05 Å². The van der Waals surface area contributed by atoms with E-state index in [1.807, 2.05) is 31.4 Å². The summed E-state index contributed by atoms with van der Waals surface area (Å²) in [4.78, 5) is 10.4. The zero-order valence-electron chi connectivity index (χ0n) is 12.0. The Morgan fingerprint density at radius 2 is 2.33 bits per heavy atom. The molecule has 0 saturated carbocycles. The van der Waals surface area contributed by atoms with Gasteiger partial charge in [0.25, 0.3) is 0 Å². The summed E-state index contributed by atoms with van der Waals surface area (Å²) in [6.07, 6.45) is 5.42. The summed E-state index contributed by atoms with van der Waals surface area (Å²) in [5, 5.41) is 4.11. The Hall–Kier alpha value is -1.10. The second-order valence-corrected chi connectivity index (χ2v) is 6.65. The molecule has 3 rings (SSSR count). The van der Waals surface area contributed by atoms with Crippen LogP contribution in [0.2, 0.25) is 5.02 Å². The molecule has 0 saturated heterocycles. The van der Waals surface area contributed by atoms with E-state index >= 15 is 0 Å². The van der Waals surface area contributed by atoms with Gasteiger partial charge in [-0.2, -0.15) is 0 Å². The summed E-state index contributed by atoms with van der Waals surface area (Å²) in [6.45, 7) is 0. The number of thioether (sulfide) groups is 1. The molecule has 3 nitrogen and oxygen atoms in total. The minimum atomic E-state index is 0.406. The third-order valence-corrected chi connectivity index (χ3v) is 4.97. The summed E-state index contributed by atoms with van der Waals surface area (Å²) in [6, 6.07) is 8.30. The van der Waals surface area contributed by atoms with Crippen LogP contribution in [0.1, 0.15) is 36.0 Å². The van der Waals surface area contributed by atoms with Crippen molar-refractivity contribution in [3.8, 4) is 0 Å². The smallest absolute Gasteiger partial charge is 0.138 e. The lowest BCUT2D eigenvalue weighted by Crippen LogP contribution is -2.23. The van der Waals surface area contributed by atoms with Crippen molar-refractivity contribution >= 4 is 23.4 Å². The molecular formula is C16H18ClN3S. The number of halogens is 1. The van der Waals surface area contributed by atoms with E-state index in [9.17, 15) is 0 Å². The number of fused-ring (bicyclic) bond motifs is 1. The van der Waals surface area contributed by atoms with Crippen LogP contribution in [0, 0.1) is 0 Å². The van der Waals surface area contributed by atoms with Gasteiger partial charge in [-0.05, 0) is 44.5 Å². The normalized spacial score (nSPS) is 17.5. The Bertz CT molecular complexity index is 633. The van der Waals surface area contributed by atoms with Gasteiger partial charge in [0.1, 0.15) is 5.82 Å². The molecule has 1 aliphatic rings. The fraction of sp³-hybridized carbons (Fsp3) is 0.375. The van der Waals surface area contributed by atoms with Gasteiger partial charge in [0.2, 0.25) is 0 Å². The maximum Gasteiger partial charge on any atom is 0.138 e. The molecule has 0 aliphatic heterocycles. The highest BCUT2D eigenvalue weighted by molar-refractivity contribution is 7.98. The number of nitrogens with zero attached hydrogens (tertiary/aromatic N) is 2. The lowest BCUT2D eigenvalue weighted by atomic mass is 9.92. The molecule has 110 valence electrons. The second kappa shape index (κ2) is 6.77. The van der Waals surface area contributed by atoms with E-state index in [1.54, 1.807) is 11.8 Å². The molecule has 21 heavy (non-hydrogen) atoms. The van der Waals surface area contributed by atoms with Gasteiger partial charge < -0.3 is 5.32 Å². The fourth-order valence-corrected chi connectivity index (χ4v) is 3.74. The lowest BCUT2D eigenvalue weighted by molar-refractivity contribution is 0.486. The highest BCUT2D eigenvalue weighted by Gasteiger charge is 2.20. The monoisotopic (exact) mass is 319 g/mol. The molecule has 0 amide bonds. The quantitative estimate of drug-likeness (QED) is 0.864. The first-order valence-electron chi connectivity index (χ1n) is 7.16. The molecule has 0 spiro atoms. The van der Waals surface area contributed by atoms with Crippen LogP contribution in [0.4, 0.5) is 0 Å². The van der Waals surface area contributed by atoms with Crippen molar-refractivity contribution in [2.45, 2.75) is 36.0 Å². The molecule has 5 heteroatoms.